The highest BCUT2D eigenvalue weighted by Crippen LogP contribution is 2.21. The van der Waals surface area contributed by atoms with Crippen molar-refractivity contribution in [2.45, 2.75) is 41.5 Å². The van der Waals surface area contributed by atoms with Gasteiger partial charge in [0.25, 0.3) is 0 Å². The molecular weight excluding hydrogens is 296 g/mol. The van der Waals surface area contributed by atoms with E-state index in [1.165, 1.54) is 0 Å². The fourth-order valence-electron chi connectivity index (χ4n) is 1.71. The molecule has 2 aromatic carbocycles. The molecule has 3 aromatic rings. The average Bonchev–Trinajstić information content (AvgIpc) is 3.17. The van der Waals surface area contributed by atoms with Gasteiger partial charge in [-0.25, -0.2) is 4.68 Å². The molecule has 0 saturated heterocycles. The second-order valence-electron chi connectivity index (χ2n) is 3.87. The van der Waals surface area contributed by atoms with Gasteiger partial charge in [-0.15, -0.1) is 0 Å². The average molecular weight is 326 g/mol. The molecule has 3 nitrogen and oxygen atoms in total. The molecule has 24 heavy (non-hydrogen) atoms. The van der Waals surface area contributed by atoms with Crippen LogP contribution < -0.4 is 4.74 Å². The van der Waals surface area contributed by atoms with Crippen LogP contribution in [0.2, 0.25) is 0 Å². The minimum Gasteiger partial charge on any atom is -0.454 e. The number of para-hydroxylation sites is 2. The van der Waals surface area contributed by atoms with Crippen LogP contribution in [-0.2, 0) is 0 Å². The first kappa shape index (κ1) is 21.5. The predicted molar refractivity (Wildman–Crippen MR) is 104 cm³/mol. The second-order valence-corrected chi connectivity index (χ2v) is 3.87. The standard InChI is InChI=1S/C15H12N2O.3C2H6/c1-3-7-13(8-4-1)17-12-15(11-16-17)18-14-9-5-2-6-10-14;3*1-2/h1-12H;3*1-2H3. The molecular formula is C21H30N2O. The molecule has 0 aliphatic heterocycles. The highest BCUT2D eigenvalue weighted by atomic mass is 16.5. The number of rotatable bonds is 3. The molecule has 0 bridgehead atoms. The zero-order chi connectivity index (χ0) is 18.2. The fourth-order valence-corrected chi connectivity index (χ4v) is 1.71. The number of aromatic nitrogens is 2. The summed E-state index contributed by atoms with van der Waals surface area (Å²) in [6, 6.07) is 19.6. The molecule has 1 heterocycles. The van der Waals surface area contributed by atoms with Gasteiger partial charge >= 0.3 is 0 Å². The van der Waals surface area contributed by atoms with E-state index in [1.807, 2.05) is 108 Å². The first-order chi connectivity index (χ1) is 11.9. The van der Waals surface area contributed by atoms with Crippen molar-refractivity contribution in [2.24, 2.45) is 0 Å². The number of benzene rings is 2. The van der Waals surface area contributed by atoms with Gasteiger partial charge in [0.2, 0.25) is 0 Å². The van der Waals surface area contributed by atoms with Crippen LogP contribution in [0, 0.1) is 0 Å². The van der Waals surface area contributed by atoms with Crippen LogP contribution in [-0.4, -0.2) is 9.78 Å². The number of hydrogen-bond acceptors (Lipinski definition) is 2. The second kappa shape index (κ2) is 14.1. The summed E-state index contributed by atoms with van der Waals surface area (Å²) in [7, 11) is 0. The molecule has 0 aliphatic carbocycles. The van der Waals surface area contributed by atoms with Crippen molar-refractivity contribution < 1.29 is 4.74 Å². The quantitative estimate of drug-likeness (QED) is 0.532. The molecule has 0 fully saturated rings. The van der Waals surface area contributed by atoms with E-state index in [-0.39, 0.29) is 0 Å². The Morgan fingerprint density at radius 3 is 1.71 bits per heavy atom. The molecule has 0 aliphatic rings. The number of ether oxygens (including phenoxy) is 1. The Bertz CT molecular complexity index is 619. The van der Waals surface area contributed by atoms with Gasteiger partial charge in [-0.3, -0.25) is 0 Å². The maximum Gasteiger partial charge on any atom is 0.165 e. The normalized spacial score (nSPS) is 8.42. The zero-order valence-electron chi connectivity index (χ0n) is 15.7. The van der Waals surface area contributed by atoms with Gasteiger partial charge in [0.05, 0.1) is 18.1 Å². The van der Waals surface area contributed by atoms with E-state index in [1.54, 1.807) is 10.9 Å². The SMILES string of the molecule is CC.CC.CC.c1ccc(Oc2cnn(-c3ccccc3)c2)cc1. The fraction of sp³-hybridized carbons (Fsp3) is 0.286. The molecule has 0 amide bonds. The molecule has 0 atom stereocenters. The summed E-state index contributed by atoms with van der Waals surface area (Å²) in [5.74, 6) is 1.54. The molecule has 3 rings (SSSR count). The third-order valence-corrected chi connectivity index (χ3v) is 2.56. The zero-order valence-corrected chi connectivity index (χ0v) is 15.7. The summed E-state index contributed by atoms with van der Waals surface area (Å²) in [4.78, 5) is 0. The summed E-state index contributed by atoms with van der Waals surface area (Å²) in [5.41, 5.74) is 1.01. The first-order valence-corrected chi connectivity index (χ1v) is 8.75. The topological polar surface area (TPSA) is 27.1 Å². The van der Waals surface area contributed by atoms with Crippen LogP contribution in [0.3, 0.4) is 0 Å². The van der Waals surface area contributed by atoms with Crippen LogP contribution >= 0.6 is 0 Å². The Kier molecular flexibility index (Phi) is 12.6. The maximum atomic E-state index is 5.70. The summed E-state index contributed by atoms with van der Waals surface area (Å²) < 4.78 is 7.49. The predicted octanol–water partition coefficient (Wildman–Crippen LogP) is 6.74. The van der Waals surface area contributed by atoms with Crippen molar-refractivity contribution in [1.29, 1.82) is 0 Å². The van der Waals surface area contributed by atoms with E-state index in [0.29, 0.717) is 0 Å². The van der Waals surface area contributed by atoms with Crippen molar-refractivity contribution >= 4 is 0 Å². The lowest BCUT2D eigenvalue weighted by atomic mass is 10.3. The smallest absolute Gasteiger partial charge is 0.165 e. The van der Waals surface area contributed by atoms with Crippen molar-refractivity contribution in [1.82, 2.24) is 9.78 Å². The lowest BCUT2D eigenvalue weighted by molar-refractivity contribution is 0.482. The summed E-state index contributed by atoms with van der Waals surface area (Å²) >= 11 is 0. The van der Waals surface area contributed by atoms with E-state index in [9.17, 15) is 0 Å². The Labute approximate surface area is 146 Å². The maximum absolute atomic E-state index is 5.70. The van der Waals surface area contributed by atoms with Crippen molar-refractivity contribution in [2.75, 3.05) is 0 Å². The molecule has 1 aromatic heterocycles. The van der Waals surface area contributed by atoms with Crippen LogP contribution in [0.4, 0.5) is 0 Å². The summed E-state index contributed by atoms with van der Waals surface area (Å²) in [5, 5.41) is 4.27. The van der Waals surface area contributed by atoms with Crippen molar-refractivity contribution in [3.63, 3.8) is 0 Å². The minimum absolute atomic E-state index is 0.727. The van der Waals surface area contributed by atoms with Gasteiger partial charge in [-0.2, -0.15) is 5.10 Å². The van der Waals surface area contributed by atoms with Gasteiger partial charge < -0.3 is 4.74 Å². The monoisotopic (exact) mass is 326 g/mol. The lowest BCUT2D eigenvalue weighted by Crippen LogP contribution is -1.92. The number of nitrogens with zero attached hydrogens (tertiary/aromatic N) is 2. The summed E-state index contributed by atoms with van der Waals surface area (Å²) in [6.45, 7) is 12.0. The Morgan fingerprint density at radius 1 is 0.667 bits per heavy atom. The van der Waals surface area contributed by atoms with E-state index in [0.717, 1.165) is 17.2 Å². The minimum atomic E-state index is 0.727. The van der Waals surface area contributed by atoms with Crippen molar-refractivity contribution in [3.05, 3.63) is 73.1 Å². The Morgan fingerprint density at radius 2 is 1.17 bits per heavy atom. The third-order valence-electron chi connectivity index (χ3n) is 2.56. The van der Waals surface area contributed by atoms with Crippen molar-refractivity contribution in [3.8, 4) is 17.2 Å². The lowest BCUT2D eigenvalue weighted by Gasteiger charge is -2.01. The number of hydrogen-bond donors (Lipinski definition) is 0. The van der Waals surface area contributed by atoms with Crippen LogP contribution in [0.15, 0.2) is 73.1 Å². The van der Waals surface area contributed by atoms with Gasteiger partial charge in [-0.05, 0) is 24.3 Å². The first-order valence-electron chi connectivity index (χ1n) is 8.75. The van der Waals surface area contributed by atoms with Gasteiger partial charge in [0.1, 0.15) is 5.75 Å². The molecule has 0 unspecified atom stereocenters. The van der Waals surface area contributed by atoms with Crippen LogP contribution in [0.5, 0.6) is 11.5 Å². The highest BCUT2D eigenvalue weighted by molar-refractivity contribution is 5.34. The van der Waals surface area contributed by atoms with E-state index < -0.39 is 0 Å². The van der Waals surface area contributed by atoms with Crippen LogP contribution in [0.25, 0.3) is 5.69 Å². The van der Waals surface area contributed by atoms with Crippen LogP contribution in [0.1, 0.15) is 41.5 Å². The third kappa shape index (κ3) is 7.14. The van der Waals surface area contributed by atoms with E-state index >= 15 is 0 Å². The summed E-state index contributed by atoms with van der Waals surface area (Å²) in [6.07, 6.45) is 3.57. The highest BCUT2D eigenvalue weighted by Gasteiger charge is 2.02. The van der Waals surface area contributed by atoms with E-state index in [2.05, 4.69) is 5.10 Å². The molecule has 0 radical (unpaired) electrons. The molecule has 3 heteroatoms. The molecule has 0 spiro atoms. The van der Waals surface area contributed by atoms with Gasteiger partial charge in [0, 0.05) is 0 Å². The molecule has 0 N–H and O–H groups in total. The van der Waals surface area contributed by atoms with Gasteiger partial charge in [-0.1, -0.05) is 77.9 Å². The molecule has 130 valence electrons. The van der Waals surface area contributed by atoms with Gasteiger partial charge in [0.15, 0.2) is 5.75 Å². The molecule has 0 saturated carbocycles. The Balaban J connectivity index is 0.000000798. The Hall–Kier alpha value is -2.55. The largest absolute Gasteiger partial charge is 0.454 e. The van der Waals surface area contributed by atoms with E-state index in [4.69, 9.17) is 4.74 Å².